The molecular weight excluding hydrogens is 248 g/mol. The van der Waals surface area contributed by atoms with Gasteiger partial charge in [-0.05, 0) is 50.0 Å². The van der Waals surface area contributed by atoms with E-state index in [1.807, 2.05) is 18.3 Å². The summed E-state index contributed by atoms with van der Waals surface area (Å²) >= 11 is 0. The number of nitrogens with zero attached hydrogens (tertiary/aromatic N) is 2. The molecule has 0 aliphatic heterocycles. The number of anilines is 2. The van der Waals surface area contributed by atoms with Crippen LogP contribution in [0.4, 0.5) is 11.5 Å². The molecule has 3 rings (SSSR count). The Morgan fingerprint density at radius 3 is 2.60 bits per heavy atom. The fraction of sp³-hybridized carbons (Fsp3) is 0.188. The van der Waals surface area contributed by atoms with Gasteiger partial charge in [0.2, 0.25) is 0 Å². The van der Waals surface area contributed by atoms with E-state index in [1.54, 1.807) is 0 Å². The van der Waals surface area contributed by atoms with Crippen molar-refractivity contribution in [2.45, 2.75) is 6.54 Å². The number of nitrogens with one attached hydrogen (secondary N) is 2. The van der Waals surface area contributed by atoms with E-state index in [0.29, 0.717) is 0 Å². The molecule has 4 heteroatoms. The van der Waals surface area contributed by atoms with Gasteiger partial charge >= 0.3 is 0 Å². The summed E-state index contributed by atoms with van der Waals surface area (Å²) in [6.07, 6.45) is 1.90. The van der Waals surface area contributed by atoms with Gasteiger partial charge in [-0.1, -0.05) is 12.1 Å². The first kappa shape index (κ1) is 12.7. The number of aromatic amines is 1. The molecule has 0 fully saturated rings. The van der Waals surface area contributed by atoms with E-state index in [9.17, 15) is 0 Å². The predicted molar refractivity (Wildman–Crippen MR) is 83.2 cm³/mol. The number of H-pyrrole nitrogens is 1. The molecule has 0 aliphatic rings. The minimum Gasteiger partial charge on any atom is -0.346 e. The van der Waals surface area contributed by atoms with Gasteiger partial charge in [0.1, 0.15) is 11.5 Å². The van der Waals surface area contributed by atoms with Gasteiger partial charge in [-0.3, -0.25) is 0 Å². The van der Waals surface area contributed by atoms with Crippen molar-refractivity contribution in [3.8, 4) is 0 Å². The first-order chi connectivity index (χ1) is 9.70. The molecule has 3 aromatic rings. The maximum Gasteiger partial charge on any atom is 0.139 e. The summed E-state index contributed by atoms with van der Waals surface area (Å²) in [6, 6.07) is 14.5. The summed E-state index contributed by atoms with van der Waals surface area (Å²) in [4.78, 5) is 9.80. The number of pyridine rings is 1. The van der Waals surface area contributed by atoms with Crippen LogP contribution in [0, 0.1) is 0 Å². The van der Waals surface area contributed by atoms with Crippen molar-refractivity contribution >= 4 is 22.5 Å². The van der Waals surface area contributed by atoms with Crippen LogP contribution in [0.3, 0.4) is 0 Å². The lowest BCUT2D eigenvalue weighted by atomic mass is 10.2. The molecule has 4 nitrogen and oxygen atoms in total. The zero-order chi connectivity index (χ0) is 13.9. The van der Waals surface area contributed by atoms with Gasteiger partial charge in [0.05, 0.1) is 0 Å². The van der Waals surface area contributed by atoms with Crippen LogP contribution < -0.4 is 5.32 Å². The average Bonchev–Trinajstić information content (AvgIpc) is 2.88. The van der Waals surface area contributed by atoms with Crippen molar-refractivity contribution in [3.63, 3.8) is 0 Å². The fourth-order valence-corrected chi connectivity index (χ4v) is 2.21. The van der Waals surface area contributed by atoms with Crippen LogP contribution >= 0.6 is 0 Å². The molecule has 0 unspecified atom stereocenters. The molecule has 0 amide bonds. The standard InChI is InChI=1S/C16H18N4/c1-20(2)11-12-3-6-14(7-4-12)18-15-8-5-13-9-10-17-16(13)19-15/h3-10H,11H2,1-2H3,(H2,17,18,19). The predicted octanol–water partition coefficient (Wildman–Crippen LogP) is 3.37. The van der Waals surface area contributed by atoms with E-state index in [1.165, 1.54) is 5.56 Å². The van der Waals surface area contributed by atoms with E-state index in [-0.39, 0.29) is 0 Å². The van der Waals surface area contributed by atoms with E-state index in [0.717, 1.165) is 29.1 Å². The molecule has 1 aromatic carbocycles. The summed E-state index contributed by atoms with van der Waals surface area (Å²) in [6.45, 7) is 0.951. The van der Waals surface area contributed by atoms with Crippen LogP contribution in [0.2, 0.25) is 0 Å². The Labute approximate surface area is 118 Å². The third-order valence-corrected chi connectivity index (χ3v) is 3.13. The Bertz CT molecular complexity index is 698. The molecule has 0 saturated carbocycles. The molecule has 0 bridgehead atoms. The maximum absolute atomic E-state index is 4.53. The van der Waals surface area contributed by atoms with Crippen LogP contribution in [0.5, 0.6) is 0 Å². The Morgan fingerprint density at radius 1 is 1.05 bits per heavy atom. The molecule has 2 heterocycles. The highest BCUT2D eigenvalue weighted by atomic mass is 15.0. The smallest absolute Gasteiger partial charge is 0.139 e. The van der Waals surface area contributed by atoms with Gasteiger partial charge in [0.15, 0.2) is 0 Å². The molecule has 20 heavy (non-hydrogen) atoms. The minimum absolute atomic E-state index is 0.848. The third kappa shape index (κ3) is 2.81. The Balaban J connectivity index is 1.76. The summed E-state index contributed by atoms with van der Waals surface area (Å²) < 4.78 is 0. The van der Waals surface area contributed by atoms with E-state index < -0.39 is 0 Å². The van der Waals surface area contributed by atoms with Crippen LogP contribution in [0.1, 0.15) is 5.56 Å². The second-order valence-electron chi connectivity index (χ2n) is 5.17. The summed E-state index contributed by atoms with van der Waals surface area (Å²) in [5, 5.41) is 4.44. The van der Waals surface area contributed by atoms with E-state index in [4.69, 9.17) is 0 Å². The normalized spacial score (nSPS) is 11.2. The molecule has 0 atom stereocenters. The quantitative estimate of drug-likeness (QED) is 0.761. The van der Waals surface area contributed by atoms with Gasteiger partial charge in [-0.2, -0.15) is 0 Å². The first-order valence-corrected chi connectivity index (χ1v) is 6.65. The highest BCUT2D eigenvalue weighted by molar-refractivity contribution is 5.77. The zero-order valence-electron chi connectivity index (χ0n) is 11.7. The van der Waals surface area contributed by atoms with Crippen LogP contribution in [-0.2, 0) is 6.54 Å². The van der Waals surface area contributed by atoms with Gasteiger partial charge in [0.25, 0.3) is 0 Å². The topological polar surface area (TPSA) is 44.0 Å². The second kappa shape index (κ2) is 5.35. The molecule has 0 radical (unpaired) electrons. The number of aromatic nitrogens is 2. The van der Waals surface area contributed by atoms with Crippen LogP contribution in [0.15, 0.2) is 48.7 Å². The van der Waals surface area contributed by atoms with Crippen molar-refractivity contribution in [1.82, 2.24) is 14.9 Å². The van der Waals surface area contributed by atoms with Gasteiger partial charge in [-0.15, -0.1) is 0 Å². The molecular formula is C16H18N4. The first-order valence-electron chi connectivity index (χ1n) is 6.65. The van der Waals surface area contributed by atoms with Gasteiger partial charge < -0.3 is 15.2 Å². The summed E-state index contributed by atoms with van der Waals surface area (Å²) in [7, 11) is 4.14. The Kier molecular flexibility index (Phi) is 3.39. The molecule has 102 valence electrons. The van der Waals surface area contributed by atoms with Gasteiger partial charge in [0, 0.05) is 23.8 Å². The lowest BCUT2D eigenvalue weighted by Crippen LogP contribution is -2.10. The lowest BCUT2D eigenvalue weighted by Gasteiger charge is -2.10. The number of rotatable bonds is 4. The van der Waals surface area contributed by atoms with Gasteiger partial charge in [-0.25, -0.2) is 4.98 Å². The number of hydrogen-bond acceptors (Lipinski definition) is 3. The molecule has 0 saturated heterocycles. The fourth-order valence-electron chi connectivity index (χ4n) is 2.21. The van der Waals surface area contributed by atoms with Crippen LogP contribution in [0.25, 0.3) is 11.0 Å². The highest BCUT2D eigenvalue weighted by Gasteiger charge is 2.00. The van der Waals surface area contributed by atoms with Crippen molar-refractivity contribution in [2.24, 2.45) is 0 Å². The summed E-state index contributed by atoms with van der Waals surface area (Å²) in [5.74, 6) is 0.848. The van der Waals surface area contributed by atoms with Crippen molar-refractivity contribution in [1.29, 1.82) is 0 Å². The van der Waals surface area contributed by atoms with Crippen molar-refractivity contribution < 1.29 is 0 Å². The minimum atomic E-state index is 0.848. The lowest BCUT2D eigenvalue weighted by molar-refractivity contribution is 0.402. The van der Waals surface area contributed by atoms with Crippen LogP contribution in [-0.4, -0.2) is 29.0 Å². The SMILES string of the molecule is CN(C)Cc1ccc(Nc2ccc3cc[nH]c3n2)cc1. The number of benzene rings is 1. The molecule has 2 N–H and O–H groups in total. The average molecular weight is 266 g/mol. The molecule has 0 spiro atoms. The number of hydrogen-bond donors (Lipinski definition) is 2. The number of fused-ring (bicyclic) bond motifs is 1. The summed E-state index contributed by atoms with van der Waals surface area (Å²) in [5.41, 5.74) is 3.25. The van der Waals surface area contributed by atoms with E-state index >= 15 is 0 Å². The van der Waals surface area contributed by atoms with Crippen molar-refractivity contribution in [2.75, 3.05) is 19.4 Å². The largest absolute Gasteiger partial charge is 0.346 e. The maximum atomic E-state index is 4.53. The molecule has 0 aliphatic carbocycles. The Morgan fingerprint density at radius 2 is 1.85 bits per heavy atom. The highest BCUT2D eigenvalue weighted by Crippen LogP contribution is 2.18. The van der Waals surface area contributed by atoms with E-state index in [2.05, 4.69) is 64.6 Å². The zero-order valence-corrected chi connectivity index (χ0v) is 11.7. The monoisotopic (exact) mass is 266 g/mol. The Hall–Kier alpha value is -2.33. The molecule has 2 aromatic heterocycles. The van der Waals surface area contributed by atoms with Crippen molar-refractivity contribution in [3.05, 3.63) is 54.2 Å². The second-order valence-corrected chi connectivity index (χ2v) is 5.17. The third-order valence-electron chi connectivity index (χ3n) is 3.13.